The van der Waals surface area contributed by atoms with Crippen LogP contribution in [0.1, 0.15) is 37.1 Å². The number of aryl methyl sites for hydroxylation is 1. The first kappa shape index (κ1) is 16.2. The minimum atomic E-state index is 0.109. The van der Waals surface area contributed by atoms with E-state index in [1.165, 1.54) is 12.8 Å². The molecule has 0 radical (unpaired) electrons. The Hall–Kier alpha value is -2.68. The van der Waals surface area contributed by atoms with E-state index in [-0.39, 0.29) is 12.5 Å². The minimum Gasteiger partial charge on any atom is -0.341 e. The summed E-state index contributed by atoms with van der Waals surface area (Å²) < 4.78 is 1.84. The molecule has 0 unspecified atom stereocenters. The molecule has 0 saturated carbocycles. The minimum absolute atomic E-state index is 0.109. The van der Waals surface area contributed by atoms with Crippen molar-refractivity contribution < 1.29 is 4.79 Å². The molecule has 6 heteroatoms. The van der Waals surface area contributed by atoms with Gasteiger partial charge in [-0.1, -0.05) is 25.0 Å². The van der Waals surface area contributed by atoms with Gasteiger partial charge >= 0.3 is 0 Å². The highest BCUT2D eigenvalue weighted by atomic mass is 16.2. The van der Waals surface area contributed by atoms with Crippen LogP contribution in [0.3, 0.4) is 0 Å². The Morgan fingerprint density at radius 3 is 2.67 bits per heavy atom. The smallest absolute Gasteiger partial charge is 0.242 e. The number of aromatic nitrogens is 3. The van der Waals surface area contributed by atoms with Gasteiger partial charge in [0.25, 0.3) is 0 Å². The van der Waals surface area contributed by atoms with E-state index in [0.29, 0.717) is 17.2 Å². The molecular weight excluding hydrogens is 302 g/mol. The summed E-state index contributed by atoms with van der Waals surface area (Å²) in [6.07, 6.45) is 4.54. The summed E-state index contributed by atoms with van der Waals surface area (Å²) in [7, 11) is 0. The maximum atomic E-state index is 12.7. The van der Waals surface area contributed by atoms with Crippen LogP contribution >= 0.6 is 0 Å². The van der Waals surface area contributed by atoms with Crippen LogP contribution < -0.4 is 0 Å². The van der Waals surface area contributed by atoms with E-state index < -0.39 is 0 Å². The molecule has 1 aliphatic heterocycles. The van der Waals surface area contributed by atoms with Crippen LogP contribution in [-0.2, 0) is 11.3 Å². The summed E-state index contributed by atoms with van der Waals surface area (Å²) in [5.74, 6) is 1.45. The molecule has 2 heterocycles. The molecule has 0 bridgehead atoms. The second-order valence-electron chi connectivity index (χ2n) is 6.14. The number of carbonyl (C=O) groups is 1. The summed E-state index contributed by atoms with van der Waals surface area (Å²) in [4.78, 5) is 14.6. The van der Waals surface area contributed by atoms with Crippen LogP contribution in [-0.4, -0.2) is 38.7 Å². The fourth-order valence-electron chi connectivity index (χ4n) is 3.07. The molecule has 0 atom stereocenters. The number of benzene rings is 1. The molecule has 124 valence electrons. The number of hydrogen-bond donors (Lipinski definition) is 0. The van der Waals surface area contributed by atoms with Crippen molar-refractivity contribution in [2.75, 3.05) is 13.1 Å². The van der Waals surface area contributed by atoms with Gasteiger partial charge in [-0.3, -0.25) is 4.79 Å². The quantitative estimate of drug-likeness (QED) is 0.870. The molecule has 3 rings (SSSR count). The molecule has 1 aromatic heterocycles. The third-order valence-electron chi connectivity index (χ3n) is 4.44. The van der Waals surface area contributed by atoms with Crippen molar-refractivity contribution in [3.8, 4) is 17.5 Å². The molecule has 6 nitrogen and oxygen atoms in total. The maximum absolute atomic E-state index is 12.7. The van der Waals surface area contributed by atoms with Crippen molar-refractivity contribution in [3.05, 3.63) is 35.7 Å². The zero-order valence-corrected chi connectivity index (χ0v) is 13.9. The van der Waals surface area contributed by atoms with Gasteiger partial charge in [-0.25, -0.2) is 0 Å². The molecule has 0 spiro atoms. The van der Waals surface area contributed by atoms with Crippen LogP contribution in [0.2, 0.25) is 0 Å². The highest BCUT2D eigenvalue weighted by Gasteiger charge is 2.19. The number of carbonyl (C=O) groups excluding carboxylic acids is 1. The van der Waals surface area contributed by atoms with E-state index in [4.69, 9.17) is 5.26 Å². The van der Waals surface area contributed by atoms with Crippen LogP contribution in [0.4, 0.5) is 0 Å². The lowest BCUT2D eigenvalue weighted by Gasteiger charge is -2.21. The molecule has 1 amide bonds. The van der Waals surface area contributed by atoms with Gasteiger partial charge in [0.1, 0.15) is 12.4 Å². The molecule has 24 heavy (non-hydrogen) atoms. The van der Waals surface area contributed by atoms with Gasteiger partial charge in [-0.2, -0.15) is 5.26 Å². The lowest BCUT2D eigenvalue weighted by atomic mass is 10.1. The normalized spacial score (nSPS) is 14.9. The van der Waals surface area contributed by atoms with Gasteiger partial charge in [0.05, 0.1) is 11.6 Å². The van der Waals surface area contributed by atoms with Crippen LogP contribution in [0.15, 0.2) is 24.3 Å². The second-order valence-corrected chi connectivity index (χ2v) is 6.14. The summed E-state index contributed by atoms with van der Waals surface area (Å²) in [6, 6.07) is 9.36. The predicted octanol–water partition coefficient (Wildman–Crippen LogP) is 2.53. The van der Waals surface area contributed by atoms with Crippen molar-refractivity contribution in [1.82, 2.24) is 19.7 Å². The molecule has 2 aromatic rings. The number of rotatable bonds is 3. The average molecular weight is 323 g/mol. The lowest BCUT2D eigenvalue weighted by Crippen LogP contribution is -2.35. The third-order valence-corrected chi connectivity index (χ3v) is 4.44. The second kappa shape index (κ2) is 7.26. The van der Waals surface area contributed by atoms with E-state index >= 15 is 0 Å². The van der Waals surface area contributed by atoms with Gasteiger partial charge in [0.15, 0.2) is 5.82 Å². The van der Waals surface area contributed by atoms with Gasteiger partial charge in [0, 0.05) is 18.7 Å². The Balaban J connectivity index is 1.84. The fourth-order valence-corrected chi connectivity index (χ4v) is 3.07. The molecule has 1 aromatic carbocycles. The van der Waals surface area contributed by atoms with Crippen LogP contribution in [0.5, 0.6) is 0 Å². The van der Waals surface area contributed by atoms with Crippen LogP contribution in [0.25, 0.3) is 11.4 Å². The lowest BCUT2D eigenvalue weighted by molar-refractivity contribution is -0.131. The van der Waals surface area contributed by atoms with Crippen molar-refractivity contribution in [1.29, 1.82) is 5.26 Å². The first-order valence-electron chi connectivity index (χ1n) is 8.37. The summed E-state index contributed by atoms with van der Waals surface area (Å²) in [5, 5.41) is 17.4. The number of nitriles is 1. The summed E-state index contributed by atoms with van der Waals surface area (Å²) in [5.41, 5.74) is 1.37. The third kappa shape index (κ3) is 3.46. The first-order chi connectivity index (χ1) is 11.7. The van der Waals surface area contributed by atoms with E-state index in [0.717, 1.165) is 31.5 Å². The molecule has 1 fully saturated rings. The predicted molar refractivity (Wildman–Crippen MR) is 90.0 cm³/mol. The van der Waals surface area contributed by atoms with Crippen LogP contribution in [0, 0.1) is 18.3 Å². The Labute approximate surface area is 141 Å². The number of nitrogens with zero attached hydrogens (tertiary/aromatic N) is 5. The Kier molecular flexibility index (Phi) is 4.90. The number of amides is 1. The zero-order valence-electron chi connectivity index (χ0n) is 13.9. The molecular formula is C18H21N5O. The van der Waals surface area contributed by atoms with Crippen molar-refractivity contribution in [2.24, 2.45) is 0 Å². The Bertz CT molecular complexity index is 766. The average Bonchev–Trinajstić information content (AvgIpc) is 2.81. The zero-order chi connectivity index (χ0) is 16.9. The van der Waals surface area contributed by atoms with Crippen molar-refractivity contribution in [2.45, 2.75) is 39.2 Å². The fraction of sp³-hybridized carbons (Fsp3) is 0.444. The number of hydrogen-bond acceptors (Lipinski definition) is 4. The van der Waals surface area contributed by atoms with Crippen molar-refractivity contribution in [3.63, 3.8) is 0 Å². The monoisotopic (exact) mass is 323 g/mol. The van der Waals surface area contributed by atoms with Gasteiger partial charge in [-0.05, 0) is 31.9 Å². The standard InChI is InChI=1S/C18H21N5O/c1-14-20-21-18(16-8-6-7-15(11-16)12-19)23(14)13-17(24)22-9-4-2-3-5-10-22/h6-8,11H,2-5,9-10,13H2,1H3. The topological polar surface area (TPSA) is 74.8 Å². The van der Waals surface area contributed by atoms with Crippen molar-refractivity contribution >= 4 is 5.91 Å². The van der Waals surface area contributed by atoms with E-state index in [2.05, 4.69) is 16.3 Å². The van der Waals surface area contributed by atoms with Gasteiger partial charge in [0.2, 0.25) is 5.91 Å². The van der Waals surface area contributed by atoms with E-state index in [1.807, 2.05) is 28.5 Å². The molecule has 0 N–H and O–H groups in total. The van der Waals surface area contributed by atoms with E-state index in [1.54, 1.807) is 12.1 Å². The molecule has 1 saturated heterocycles. The Morgan fingerprint density at radius 2 is 1.96 bits per heavy atom. The number of likely N-dealkylation sites (tertiary alicyclic amines) is 1. The SMILES string of the molecule is Cc1nnc(-c2cccc(C#N)c2)n1CC(=O)N1CCCCCC1. The highest BCUT2D eigenvalue weighted by molar-refractivity contribution is 5.77. The first-order valence-corrected chi connectivity index (χ1v) is 8.37. The summed E-state index contributed by atoms with van der Waals surface area (Å²) >= 11 is 0. The van der Waals surface area contributed by atoms with Gasteiger partial charge < -0.3 is 9.47 Å². The molecule has 1 aliphatic rings. The summed E-state index contributed by atoms with van der Waals surface area (Å²) in [6.45, 7) is 3.75. The largest absolute Gasteiger partial charge is 0.341 e. The maximum Gasteiger partial charge on any atom is 0.242 e. The highest BCUT2D eigenvalue weighted by Crippen LogP contribution is 2.20. The molecule has 0 aliphatic carbocycles. The van der Waals surface area contributed by atoms with E-state index in [9.17, 15) is 4.79 Å². The Morgan fingerprint density at radius 1 is 1.21 bits per heavy atom. The van der Waals surface area contributed by atoms with Gasteiger partial charge in [-0.15, -0.1) is 10.2 Å².